The lowest BCUT2D eigenvalue weighted by molar-refractivity contribution is 0.0189. The Morgan fingerprint density at radius 1 is 1.00 bits per heavy atom. The monoisotopic (exact) mass is 563 g/mol. The molecule has 5 rings (SSSR count). The van der Waals surface area contributed by atoms with E-state index in [1.807, 2.05) is 75.4 Å². The van der Waals surface area contributed by atoms with E-state index in [1.165, 1.54) is 6.33 Å². The molecular formula is C28H30BrN5O3. The molecule has 0 spiro atoms. The van der Waals surface area contributed by atoms with Gasteiger partial charge < -0.3 is 24.7 Å². The number of nitrogen functional groups attached to an aromatic ring is 1. The summed E-state index contributed by atoms with van der Waals surface area (Å²) in [7, 11) is 0. The molecule has 1 amide bonds. The van der Waals surface area contributed by atoms with Crippen LogP contribution in [0.4, 0.5) is 10.6 Å². The van der Waals surface area contributed by atoms with E-state index >= 15 is 0 Å². The van der Waals surface area contributed by atoms with Gasteiger partial charge in [-0.3, -0.25) is 0 Å². The summed E-state index contributed by atoms with van der Waals surface area (Å²) in [5, 5.41) is 0.806. The van der Waals surface area contributed by atoms with Crippen molar-refractivity contribution in [3.05, 3.63) is 65.5 Å². The van der Waals surface area contributed by atoms with Crippen LogP contribution in [0.25, 0.3) is 22.2 Å². The number of anilines is 1. The molecule has 2 N–H and O–H groups in total. The van der Waals surface area contributed by atoms with Crippen molar-refractivity contribution in [2.24, 2.45) is 0 Å². The molecular weight excluding hydrogens is 534 g/mol. The lowest BCUT2D eigenvalue weighted by Gasteiger charge is -2.34. The highest BCUT2D eigenvalue weighted by Gasteiger charge is 2.31. The molecule has 4 aromatic rings. The first kappa shape index (κ1) is 25.1. The predicted molar refractivity (Wildman–Crippen MR) is 148 cm³/mol. The van der Waals surface area contributed by atoms with Gasteiger partial charge in [-0.2, -0.15) is 0 Å². The number of nitrogens with zero attached hydrogens (tertiary/aromatic N) is 4. The SMILES string of the molecule is CC(C)(C)OC(=O)N1CCC(n2c(Br)c(-c3ccc(Oc4ccccc4)cc3)c3c(N)ncnc32)CC1. The van der Waals surface area contributed by atoms with Gasteiger partial charge in [0.05, 0.1) is 9.99 Å². The second-order valence-electron chi connectivity index (χ2n) is 10.1. The van der Waals surface area contributed by atoms with E-state index in [-0.39, 0.29) is 12.1 Å². The van der Waals surface area contributed by atoms with Gasteiger partial charge in [0, 0.05) is 24.7 Å². The van der Waals surface area contributed by atoms with Gasteiger partial charge in [0.1, 0.15) is 34.9 Å². The van der Waals surface area contributed by atoms with E-state index in [0.29, 0.717) is 18.9 Å². The molecule has 1 aliphatic rings. The minimum absolute atomic E-state index is 0.138. The smallest absolute Gasteiger partial charge is 0.410 e. The van der Waals surface area contributed by atoms with Crippen molar-refractivity contribution < 1.29 is 14.3 Å². The summed E-state index contributed by atoms with van der Waals surface area (Å²) in [6, 6.07) is 17.7. The van der Waals surface area contributed by atoms with Crippen LogP contribution in [0.2, 0.25) is 0 Å². The van der Waals surface area contributed by atoms with Gasteiger partial charge in [0.15, 0.2) is 0 Å². The zero-order valence-corrected chi connectivity index (χ0v) is 22.7. The maximum absolute atomic E-state index is 12.6. The van der Waals surface area contributed by atoms with Crippen molar-refractivity contribution in [3.63, 3.8) is 0 Å². The number of nitrogens with two attached hydrogens (primary N) is 1. The number of rotatable bonds is 4. The van der Waals surface area contributed by atoms with Crippen LogP contribution in [0.5, 0.6) is 11.5 Å². The zero-order valence-electron chi connectivity index (χ0n) is 21.1. The van der Waals surface area contributed by atoms with Gasteiger partial charge in [0.25, 0.3) is 0 Å². The van der Waals surface area contributed by atoms with Crippen LogP contribution in [0.3, 0.4) is 0 Å². The molecule has 0 aliphatic carbocycles. The molecule has 1 aliphatic heterocycles. The van der Waals surface area contributed by atoms with Gasteiger partial charge in [-0.1, -0.05) is 30.3 Å². The molecule has 0 radical (unpaired) electrons. The molecule has 1 fully saturated rings. The number of amides is 1. The number of hydrogen-bond donors (Lipinski definition) is 1. The van der Waals surface area contributed by atoms with E-state index in [9.17, 15) is 4.79 Å². The van der Waals surface area contributed by atoms with Crippen LogP contribution >= 0.6 is 15.9 Å². The number of likely N-dealkylation sites (tertiary alicyclic amines) is 1. The molecule has 2 aromatic heterocycles. The summed E-state index contributed by atoms with van der Waals surface area (Å²) in [4.78, 5) is 23.2. The number of para-hydroxylation sites is 1. The van der Waals surface area contributed by atoms with E-state index in [2.05, 4.69) is 30.5 Å². The molecule has 2 aromatic carbocycles. The highest BCUT2D eigenvalue weighted by Crippen LogP contribution is 2.43. The highest BCUT2D eigenvalue weighted by atomic mass is 79.9. The fourth-order valence-electron chi connectivity index (χ4n) is 4.67. The van der Waals surface area contributed by atoms with Crippen molar-refractivity contribution in [2.45, 2.75) is 45.3 Å². The number of fused-ring (bicyclic) bond motifs is 1. The molecule has 0 unspecified atom stereocenters. The molecule has 0 bridgehead atoms. The Bertz CT molecular complexity index is 1410. The summed E-state index contributed by atoms with van der Waals surface area (Å²) in [6.45, 7) is 6.85. The van der Waals surface area contributed by atoms with Crippen LogP contribution in [0, 0.1) is 0 Å². The van der Waals surface area contributed by atoms with E-state index in [1.54, 1.807) is 4.90 Å². The van der Waals surface area contributed by atoms with E-state index < -0.39 is 5.60 Å². The topological polar surface area (TPSA) is 95.5 Å². The number of piperidine rings is 1. The van der Waals surface area contributed by atoms with Crippen LogP contribution in [0.15, 0.2) is 65.5 Å². The minimum atomic E-state index is -0.515. The minimum Gasteiger partial charge on any atom is -0.457 e. The Hall–Kier alpha value is -3.59. The fraction of sp³-hybridized carbons (Fsp3) is 0.321. The first-order chi connectivity index (χ1) is 17.7. The second-order valence-corrected chi connectivity index (χ2v) is 10.9. The van der Waals surface area contributed by atoms with Crippen molar-refractivity contribution >= 4 is 38.9 Å². The van der Waals surface area contributed by atoms with Crippen LogP contribution in [-0.2, 0) is 4.74 Å². The molecule has 8 nitrogen and oxygen atoms in total. The van der Waals surface area contributed by atoms with Crippen molar-refractivity contribution in [1.29, 1.82) is 0 Å². The summed E-state index contributed by atoms with van der Waals surface area (Å²) < 4.78 is 14.6. The maximum atomic E-state index is 12.6. The van der Waals surface area contributed by atoms with Crippen molar-refractivity contribution in [3.8, 4) is 22.6 Å². The largest absolute Gasteiger partial charge is 0.457 e. The summed E-state index contributed by atoms with van der Waals surface area (Å²) in [5.74, 6) is 1.95. The Morgan fingerprint density at radius 2 is 1.65 bits per heavy atom. The zero-order chi connectivity index (χ0) is 26.2. The Labute approximate surface area is 224 Å². The number of benzene rings is 2. The standard InChI is InChI=1S/C28H30BrN5O3/c1-28(2,3)37-27(35)33-15-13-19(14-16-33)34-24(29)22(23-25(30)31-17-32-26(23)34)18-9-11-21(12-10-18)36-20-7-5-4-6-8-20/h4-12,17,19H,13-16H2,1-3H3,(H2,30,31,32). The first-order valence-corrected chi connectivity index (χ1v) is 13.1. The third-order valence-electron chi connectivity index (χ3n) is 6.36. The second kappa shape index (κ2) is 10.0. The molecule has 3 heterocycles. The predicted octanol–water partition coefficient (Wildman–Crippen LogP) is 6.81. The van der Waals surface area contributed by atoms with Gasteiger partial charge in [-0.25, -0.2) is 14.8 Å². The average molecular weight is 564 g/mol. The number of hydrogen-bond acceptors (Lipinski definition) is 6. The quantitative estimate of drug-likeness (QED) is 0.293. The molecule has 192 valence electrons. The summed E-state index contributed by atoms with van der Waals surface area (Å²) >= 11 is 3.86. The molecule has 0 saturated carbocycles. The van der Waals surface area contributed by atoms with Gasteiger partial charge in [-0.15, -0.1) is 0 Å². The first-order valence-electron chi connectivity index (χ1n) is 12.3. The van der Waals surface area contributed by atoms with Crippen LogP contribution in [0.1, 0.15) is 39.7 Å². The van der Waals surface area contributed by atoms with Crippen molar-refractivity contribution in [2.75, 3.05) is 18.8 Å². The Balaban J connectivity index is 1.44. The molecule has 1 saturated heterocycles. The Kier molecular flexibility index (Phi) is 6.81. The van der Waals surface area contributed by atoms with Gasteiger partial charge in [0.2, 0.25) is 0 Å². The number of carbonyl (C=O) groups is 1. The molecule has 0 atom stereocenters. The van der Waals surface area contributed by atoms with E-state index in [0.717, 1.165) is 51.1 Å². The normalized spacial score (nSPS) is 14.6. The van der Waals surface area contributed by atoms with Gasteiger partial charge >= 0.3 is 6.09 Å². The molecule has 9 heteroatoms. The number of aromatic nitrogens is 3. The summed E-state index contributed by atoms with van der Waals surface area (Å²) in [6.07, 6.45) is 2.77. The maximum Gasteiger partial charge on any atom is 0.410 e. The molecule has 37 heavy (non-hydrogen) atoms. The average Bonchev–Trinajstić information content (AvgIpc) is 3.17. The lowest BCUT2D eigenvalue weighted by atomic mass is 10.1. The third-order valence-corrected chi connectivity index (χ3v) is 7.13. The van der Waals surface area contributed by atoms with Crippen LogP contribution in [-0.4, -0.2) is 44.2 Å². The van der Waals surface area contributed by atoms with Crippen LogP contribution < -0.4 is 10.5 Å². The third kappa shape index (κ3) is 5.27. The number of carbonyl (C=O) groups excluding carboxylic acids is 1. The lowest BCUT2D eigenvalue weighted by Crippen LogP contribution is -2.42. The van der Waals surface area contributed by atoms with Gasteiger partial charge in [-0.05, 0) is 79.4 Å². The Morgan fingerprint density at radius 3 is 2.30 bits per heavy atom. The van der Waals surface area contributed by atoms with E-state index in [4.69, 9.17) is 15.2 Å². The fourth-order valence-corrected chi connectivity index (χ4v) is 5.56. The number of ether oxygens (including phenoxy) is 2. The van der Waals surface area contributed by atoms with Crippen molar-refractivity contribution in [1.82, 2.24) is 19.4 Å². The highest BCUT2D eigenvalue weighted by molar-refractivity contribution is 9.10. The summed E-state index contributed by atoms with van der Waals surface area (Å²) in [5.41, 5.74) is 8.55. The number of halogens is 1.